The Morgan fingerprint density at radius 1 is 0.893 bits per heavy atom. The van der Waals surface area contributed by atoms with Gasteiger partial charge in [-0.2, -0.15) is 0 Å². The van der Waals surface area contributed by atoms with Crippen molar-refractivity contribution in [1.29, 1.82) is 0 Å². The van der Waals surface area contributed by atoms with Crippen molar-refractivity contribution in [2.24, 2.45) is 0 Å². The molecule has 1 atom stereocenters. The van der Waals surface area contributed by atoms with Gasteiger partial charge in [0.25, 0.3) is 0 Å². The van der Waals surface area contributed by atoms with Gasteiger partial charge in [-0.1, -0.05) is 45.0 Å². The van der Waals surface area contributed by atoms with Crippen LogP contribution in [0.1, 0.15) is 50.5 Å². The van der Waals surface area contributed by atoms with Crippen LogP contribution in [0.4, 0.5) is 0 Å². The van der Waals surface area contributed by atoms with Crippen LogP contribution in [-0.2, 0) is 5.41 Å². The SMILES string of the molecule is Cc1cc(OC(C)c2ccc(O)cc2)ccc1[I+]c1ccc(C(C)(C)C)cc1. The molecule has 146 valence electrons. The van der Waals surface area contributed by atoms with Gasteiger partial charge in [0.1, 0.15) is 17.6 Å². The minimum Gasteiger partial charge on any atom is -0.508 e. The molecule has 3 aromatic carbocycles. The molecule has 0 spiro atoms. The van der Waals surface area contributed by atoms with E-state index in [1.165, 1.54) is 18.3 Å². The lowest BCUT2D eigenvalue weighted by Crippen LogP contribution is -3.61. The number of benzene rings is 3. The summed E-state index contributed by atoms with van der Waals surface area (Å²) in [5.41, 5.74) is 3.90. The highest BCUT2D eigenvalue weighted by Gasteiger charge is 2.21. The third-order valence-corrected chi connectivity index (χ3v) is 7.86. The van der Waals surface area contributed by atoms with Crippen molar-refractivity contribution in [2.75, 3.05) is 0 Å². The first-order valence-electron chi connectivity index (χ1n) is 9.54. The van der Waals surface area contributed by atoms with Crippen LogP contribution in [0, 0.1) is 14.1 Å². The lowest BCUT2D eigenvalue weighted by molar-refractivity contribution is -0.598. The number of aryl methyl sites for hydroxylation is 1. The maximum absolute atomic E-state index is 9.43. The van der Waals surface area contributed by atoms with Crippen molar-refractivity contribution in [3.63, 3.8) is 0 Å². The Balaban J connectivity index is 1.69. The van der Waals surface area contributed by atoms with Gasteiger partial charge in [0.05, 0.1) is 0 Å². The molecule has 0 aliphatic rings. The van der Waals surface area contributed by atoms with Crippen LogP contribution in [-0.4, -0.2) is 5.11 Å². The summed E-state index contributed by atoms with van der Waals surface area (Å²) in [6.07, 6.45) is -0.0644. The normalized spacial score (nSPS) is 12.6. The smallest absolute Gasteiger partial charge is 0.358 e. The summed E-state index contributed by atoms with van der Waals surface area (Å²) in [5, 5.41) is 9.43. The van der Waals surface area contributed by atoms with Crippen LogP contribution >= 0.6 is 0 Å². The third-order valence-electron chi connectivity index (χ3n) is 4.73. The van der Waals surface area contributed by atoms with Crippen LogP contribution < -0.4 is 25.9 Å². The molecule has 0 amide bonds. The second-order valence-electron chi connectivity index (χ2n) is 8.11. The predicted molar refractivity (Wildman–Crippen MR) is 111 cm³/mol. The summed E-state index contributed by atoms with van der Waals surface area (Å²) >= 11 is -0.208. The minimum absolute atomic E-state index is 0.0644. The van der Waals surface area contributed by atoms with E-state index >= 15 is 0 Å². The number of hydrogen-bond acceptors (Lipinski definition) is 2. The maximum Gasteiger partial charge on any atom is 0.358 e. The third kappa shape index (κ3) is 5.28. The first-order valence-corrected chi connectivity index (χ1v) is 11.7. The van der Waals surface area contributed by atoms with Gasteiger partial charge in [0.15, 0.2) is 7.14 Å². The lowest BCUT2D eigenvalue weighted by atomic mass is 9.87. The predicted octanol–water partition coefficient (Wildman–Crippen LogP) is 3.27. The van der Waals surface area contributed by atoms with Gasteiger partial charge in [-0.3, -0.25) is 0 Å². The second kappa shape index (κ2) is 8.56. The fourth-order valence-corrected chi connectivity index (χ4v) is 5.28. The largest absolute Gasteiger partial charge is 0.508 e. The molecule has 1 N–H and O–H groups in total. The van der Waals surface area contributed by atoms with E-state index in [0.29, 0.717) is 0 Å². The highest BCUT2D eigenvalue weighted by Crippen LogP contribution is 2.24. The quantitative estimate of drug-likeness (QED) is 0.560. The minimum atomic E-state index is -0.208. The average molecular weight is 487 g/mol. The molecule has 2 nitrogen and oxygen atoms in total. The van der Waals surface area contributed by atoms with Gasteiger partial charge in [-0.25, -0.2) is 0 Å². The van der Waals surface area contributed by atoms with Crippen LogP contribution in [0.3, 0.4) is 0 Å². The number of ether oxygens (including phenoxy) is 1. The molecule has 0 heterocycles. The maximum atomic E-state index is 9.43. The molecule has 1 unspecified atom stereocenters. The van der Waals surface area contributed by atoms with Crippen LogP contribution in [0.15, 0.2) is 66.7 Å². The van der Waals surface area contributed by atoms with E-state index < -0.39 is 0 Å². The zero-order valence-corrected chi connectivity index (χ0v) is 19.3. The molecule has 3 aromatic rings. The summed E-state index contributed by atoms with van der Waals surface area (Å²) in [4.78, 5) is 0. The van der Waals surface area contributed by atoms with Gasteiger partial charge in [-0.15, -0.1) is 0 Å². The Hall–Kier alpha value is -2.01. The average Bonchev–Trinajstić information content (AvgIpc) is 2.64. The number of aromatic hydroxyl groups is 1. The molecular weight excluding hydrogens is 459 g/mol. The standard InChI is InChI=1S/C25H27IO2/c1-17-16-23(28-18(2)19-6-12-22(27)13-7-19)14-15-24(17)26-21-10-8-20(9-11-21)25(3,4)5/h6-16,18H,1-5H3/p+1. The molecule has 0 saturated heterocycles. The van der Waals surface area contributed by atoms with Crippen molar-refractivity contribution >= 4 is 0 Å². The van der Waals surface area contributed by atoms with Crippen molar-refractivity contribution in [2.45, 2.75) is 46.1 Å². The van der Waals surface area contributed by atoms with Crippen LogP contribution in [0.25, 0.3) is 0 Å². The Kier molecular flexibility index (Phi) is 6.33. The Bertz CT molecular complexity index is 922. The first kappa shape index (κ1) is 20.7. The zero-order valence-electron chi connectivity index (χ0n) is 17.2. The molecule has 0 fully saturated rings. The number of halogens is 1. The topological polar surface area (TPSA) is 29.5 Å². The van der Waals surface area contributed by atoms with E-state index in [4.69, 9.17) is 4.74 Å². The summed E-state index contributed by atoms with van der Waals surface area (Å²) < 4.78 is 8.96. The fraction of sp³-hybridized carbons (Fsp3) is 0.280. The van der Waals surface area contributed by atoms with E-state index in [2.05, 4.69) is 70.2 Å². The number of rotatable bonds is 5. The van der Waals surface area contributed by atoms with Crippen molar-refractivity contribution in [3.05, 3.63) is 90.6 Å². The fourth-order valence-electron chi connectivity index (χ4n) is 2.94. The molecule has 28 heavy (non-hydrogen) atoms. The lowest BCUT2D eigenvalue weighted by Gasteiger charge is -2.18. The molecule has 3 rings (SSSR count). The number of hydrogen-bond donors (Lipinski definition) is 1. The summed E-state index contributed by atoms with van der Waals surface area (Å²) in [6, 6.07) is 22.7. The van der Waals surface area contributed by atoms with E-state index in [9.17, 15) is 5.11 Å². The molecule has 3 heteroatoms. The van der Waals surface area contributed by atoms with Crippen LogP contribution in [0.2, 0.25) is 0 Å². The molecule has 0 bridgehead atoms. The highest BCUT2D eigenvalue weighted by molar-refractivity contribution is 5.31. The Labute approximate surface area is 178 Å². The monoisotopic (exact) mass is 487 g/mol. The Morgan fingerprint density at radius 2 is 1.54 bits per heavy atom. The van der Waals surface area contributed by atoms with Crippen molar-refractivity contribution < 1.29 is 31.0 Å². The molecule has 0 radical (unpaired) electrons. The summed E-state index contributed by atoms with van der Waals surface area (Å²) in [5.74, 6) is 1.16. The van der Waals surface area contributed by atoms with Gasteiger partial charge < -0.3 is 9.84 Å². The first-order chi connectivity index (χ1) is 13.2. The van der Waals surface area contributed by atoms with Crippen molar-refractivity contribution in [3.8, 4) is 11.5 Å². The zero-order chi connectivity index (χ0) is 20.3. The molecule has 0 aliphatic carbocycles. The Morgan fingerprint density at radius 3 is 2.11 bits per heavy atom. The number of phenolic OH excluding ortho intramolecular Hbond substituents is 1. The van der Waals surface area contributed by atoms with Gasteiger partial charge in [0.2, 0.25) is 0 Å². The number of phenols is 1. The van der Waals surface area contributed by atoms with Gasteiger partial charge >= 0.3 is 21.2 Å². The molecule has 0 aromatic heterocycles. The highest BCUT2D eigenvalue weighted by atomic mass is 127. The van der Waals surface area contributed by atoms with Crippen molar-refractivity contribution in [1.82, 2.24) is 0 Å². The summed E-state index contributed by atoms with van der Waals surface area (Å²) in [6.45, 7) is 10.9. The molecule has 0 aliphatic heterocycles. The van der Waals surface area contributed by atoms with Gasteiger partial charge in [-0.05, 0) is 72.9 Å². The second-order valence-corrected chi connectivity index (χ2v) is 11.1. The molecule has 0 saturated carbocycles. The van der Waals surface area contributed by atoms with Gasteiger partial charge in [0, 0.05) is 5.56 Å². The summed E-state index contributed by atoms with van der Waals surface area (Å²) in [7, 11) is 0. The van der Waals surface area contributed by atoms with E-state index in [1.54, 1.807) is 12.1 Å². The van der Waals surface area contributed by atoms with Crippen LogP contribution in [0.5, 0.6) is 11.5 Å². The van der Waals surface area contributed by atoms with E-state index in [0.717, 1.165) is 11.3 Å². The van der Waals surface area contributed by atoms with E-state index in [-0.39, 0.29) is 38.5 Å². The molecular formula is C25H28IO2+. The van der Waals surface area contributed by atoms with E-state index in [1.807, 2.05) is 19.1 Å².